The van der Waals surface area contributed by atoms with Crippen LogP contribution in [0.4, 0.5) is 5.69 Å². The van der Waals surface area contributed by atoms with E-state index < -0.39 is 18.5 Å². The van der Waals surface area contributed by atoms with Crippen LogP contribution in [0.2, 0.25) is 0 Å². The van der Waals surface area contributed by atoms with Crippen molar-refractivity contribution < 1.29 is 28.7 Å². The van der Waals surface area contributed by atoms with Gasteiger partial charge in [0.05, 0.1) is 29.8 Å². The predicted octanol–water partition coefficient (Wildman–Crippen LogP) is 4.08. The summed E-state index contributed by atoms with van der Waals surface area (Å²) in [4.78, 5) is 49.7. The first-order valence-electron chi connectivity index (χ1n) is 10.6. The van der Waals surface area contributed by atoms with Gasteiger partial charge in [0.1, 0.15) is 5.75 Å². The molecule has 0 aliphatic rings. The summed E-state index contributed by atoms with van der Waals surface area (Å²) in [5.41, 5.74) is 1.20. The average Bonchev–Trinajstić information content (AvgIpc) is 3.34. The molecule has 2 amide bonds. The second-order valence-corrected chi connectivity index (χ2v) is 8.48. The van der Waals surface area contributed by atoms with Crippen LogP contribution in [0.25, 0.3) is 6.08 Å². The largest absolute Gasteiger partial charge is 0.497 e. The standard InChI is InChI=1S/C26H24N2O6S/c1-17(29)27-15-20-12-13-24(35-20)23(30)16-34-26(32)21-5-3-4-6-22(21)28-25(31)14-9-18-7-10-19(33-2)11-8-18/h3-14H,15-16H2,1-2H3,(H,27,29)(H,28,31). The Balaban J connectivity index is 1.58. The molecule has 0 saturated heterocycles. The second-order valence-electron chi connectivity index (χ2n) is 7.32. The molecule has 0 unspecified atom stereocenters. The highest BCUT2D eigenvalue weighted by Crippen LogP contribution is 2.19. The number of esters is 1. The van der Waals surface area contributed by atoms with E-state index in [2.05, 4.69) is 10.6 Å². The third kappa shape index (κ3) is 7.65. The SMILES string of the molecule is COc1ccc(C=CC(=O)Nc2ccccc2C(=O)OCC(=O)c2ccc(CNC(C)=O)s2)cc1. The van der Waals surface area contributed by atoms with Crippen molar-refractivity contribution in [3.8, 4) is 5.75 Å². The number of amides is 2. The second kappa shape index (κ2) is 12.3. The smallest absolute Gasteiger partial charge is 0.340 e. The lowest BCUT2D eigenvalue weighted by Gasteiger charge is -2.09. The molecule has 1 heterocycles. The van der Waals surface area contributed by atoms with Gasteiger partial charge in [-0.15, -0.1) is 11.3 Å². The van der Waals surface area contributed by atoms with E-state index in [9.17, 15) is 19.2 Å². The van der Waals surface area contributed by atoms with Crippen LogP contribution in [0.3, 0.4) is 0 Å². The minimum atomic E-state index is -0.733. The summed E-state index contributed by atoms with van der Waals surface area (Å²) in [7, 11) is 1.57. The van der Waals surface area contributed by atoms with Crippen LogP contribution >= 0.6 is 11.3 Å². The zero-order valence-electron chi connectivity index (χ0n) is 19.2. The zero-order valence-corrected chi connectivity index (χ0v) is 20.0. The van der Waals surface area contributed by atoms with E-state index in [4.69, 9.17) is 9.47 Å². The molecule has 0 radical (unpaired) electrons. The van der Waals surface area contributed by atoms with Gasteiger partial charge in [-0.25, -0.2) is 4.79 Å². The molecule has 2 aromatic carbocycles. The summed E-state index contributed by atoms with van der Waals surface area (Å²) < 4.78 is 10.3. The van der Waals surface area contributed by atoms with Gasteiger partial charge in [-0.3, -0.25) is 14.4 Å². The number of ether oxygens (including phenoxy) is 2. The molecule has 1 aromatic heterocycles. The van der Waals surface area contributed by atoms with Crippen molar-refractivity contribution in [2.45, 2.75) is 13.5 Å². The highest BCUT2D eigenvalue weighted by molar-refractivity contribution is 7.14. The number of carbonyl (C=O) groups is 4. The maximum atomic E-state index is 12.6. The average molecular weight is 493 g/mol. The van der Waals surface area contributed by atoms with Crippen LogP contribution in [0, 0.1) is 0 Å². The first kappa shape index (κ1) is 25.4. The van der Waals surface area contributed by atoms with Crippen LogP contribution in [-0.4, -0.2) is 37.3 Å². The Morgan fingerprint density at radius 1 is 0.971 bits per heavy atom. The van der Waals surface area contributed by atoms with Crippen molar-refractivity contribution in [3.63, 3.8) is 0 Å². The van der Waals surface area contributed by atoms with E-state index in [1.54, 1.807) is 67.8 Å². The molecule has 9 heteroatoms. The molecule has 3 rings (SSSR count). The van der Waals surface area contributed by atoms with Crippen LogP contribution in [0.1, 0.15) is 37.4 Å². The summed E-state index contributed by atoms with van der Waals surface area (Å²) in [5.74, 6) is -0.976. The van der Waals surface area contributed by atoms with E-state index in [0.29, 0.717) is 17.2 Å². The number of anilines is 1. The lowest BCUT2D eigenvalue weighted by molar-refractivity contribution is -0.119. The fraction of sp³-hybridized carbons (Fsp3) is 0.154. The van der Waals surface area contributed by atoms with Crippen LogP contribution < -0.4 is 15.4 Å². The highest BCUT2D eigenvalue weighted by atomic mass is 32.1. The Morgan fingerprint density at radius 3 is 2.43 bits per heavy atom. The van der Waals surface area contributed by atoms with Crippen molar-refractivity contribution in [2.24, 2.45) is 0 Å². The minimum Gasteiger partial charge on any atom is -0.497 e. The summed E-state index contributed by atoms with van der Waals surface area (Å²) in [6, 6.07) is 16.9. The number of ketones is 1. The van der Waals surface area contributed by atoms with E-state index in [0.717, 1.165) is 10.4 Å². The maximum Gasteiger partial charge on any atom is 0.340 e. The van der Waals surface area contributed by atoms with E-state index in [-0.39, 0.29) is 22.9 Å². The van der Waals surface area contributed by atoms with Gasteiger partial charge < -0.3 is 20.1 Å². The van der Waals surface area contributed by atoms with Crippen LogP contribution in [-0.2, 0) is 20.9 Å². The predicted molar refractivity (Wildman–Crippen MR) is 134 cm³/mol. The topological polar surface area (TPSA) is 111 Å². The molecule has 0 atom stereocenters. The number of Topliss-reactive ketones (excluding diaryl/α,β-unsaturated/α-hetero) is 1. The van der Waals surface area contributed by atoms with Gasteiger partial charge in [-0.05, 0) is 48.0 Å². The number of rotatable bonds is 10. The molecule has 0 fully saturated rings. The van der Waals surface area contributed by atoms with Gasteiger partial charge in [0.2, 0.25) is 17.6 Å². The third-order valence-electron chi connectivity index (χ3n) is 4.73. The van der Waals surface area contributed by atoms with Crippen molar-refractivity contribution >= 4 is 46.7 Å². The molecule has 0 saturated carbocycles. The number of nitrogens with one attached hydrogen (secondary N) is 2. The fourth-order valence-corrected chi connectivity index (χ4v) is 3.82. The first-order valence-corrected chi connectivity index (χ1v) is 11.4. The molecular weight excluding hydrogens is 468 g/mol. The Labute approximate surface area is 206 Å². The third-order valence-corrected chi connectivity index (χ3v) is 5.86. The van der Waals surface area contributed by atoms with E-state index in [1.165, 1.54) is 30.4 Å². The number of hydrogen-bond acceptors (Lipinski definition) is 7. The van der Waals surface area contributed by atoms with E-state index in [1.807, 2.05) is 0 Å². The number of methoxy groups -OCH3 is 1. The number of para-hydroxylation sites is 1. The molecule has 0 spiro atoms. The molecule has 2 N–H and O–H groups in total. The van der Waals surface area contributed by atoms with E-state index >= 15 is 0 Å². The molecule has 8 nitrogen and oxygen atoms in total. The molecular formula is C26H24N2O6S. The monoisotopic (exact) mass is 492 g/mol. The summed E-state index contributed by atoms with van der Waals surface area (Å²) in [6.07, 6.45) is 2.98. The lowest BCUT2D eigenvalue weighted by Crippen LogP contribution is -2.18. The van der Waals surface area contributed by atoms with Crippen molar-refractivity contribution in [1.82, 2.24) is 5.32 Å². The van der Waals surface area contributed by atoms with Gasteiger partial charge >= 0.3 is 5.97 Å². The number of thiophene rings is 1. The molecule has 3 aromatic rings. The van der Waals surface area contributed by atoms with Gasteiger partial charge in [0.25, 0.3) is 0 Å². The Bertz CT molecular complexity index is 1250. The van der Waals surface area contributed by atoms with Gasteiger partial charge in [-0.2, -0.15) is 0 Å². The van der Waals surface area contributed by atoms with Gasteiger partial charge in [-0.1, -0.05) is 24.3 Å². The fourth-order valence-electron chi connectivity index (χ4n) is 2.95. The van der Waals surface area contributed by atoms with Crippen molar-refractivity contribution in [2.75, 3.05) is 19.0 Å². The maximum absolute atomic E-state index is 12.6. The van der Waals surface area contributed by atoms with Crippen molar-refractivity contribution in [3.05, 3.63) is 87.6 Å². The molecule has 0 aliphatic heterocycles. The Morgan fingerprint density at radius 2 is 1.71 bits per heavy atom. The number of hydrogen-bond donors (Lipinski definition) is 2. The Hall–Kier alpha value is -4.24. The lowest BCUT2D eigenvalue weighted by atomic mass is 10.1. The van der Waals surface area contributed by atoms with Crippen molar-refractivity contribution in [1.29, 1.82) is 0 Å². The normalized spacial score (nSPS) is 10.6. The zero-order chi connectivity index (χ0) is 25.2. The van der Waals surface area contributed by atoms with Gasteiger partial charge in [0.15, 0.2) is 6.61 Å². The molecule has 35 heavy (non-hydrogen) atoms. The first-order chi connectivity index (χ1) is 16.9. The molecule has 180 valence electrons. The van der Waals surface area contributed by atoms with Gasteiger partial charge in [0, 0.05) is 17.9 Å². The van der Waals surface area contributed by atoms with Crippen LogP contribution in [0.15, 0.2) is 66.7 Å². The minimum absolute atomic E-state index is 0.129. The molecule has 0 bridgehead atoms. The quantitative estimate of drug-likeness (QED) is 0.251. The molecule has 0 aliphatic carbocycles. The van der Waals surface area contributed by atoms with Crippen LogP contribution in [0.5, 0.6) is 5.75 Å². The highest BCUT2D eigenvalue weighted by Gasteiger charge is 2.17. The summed E-state index contributed by atoms with van der Waals surface area (Å²) >= 11 is 1.22. The number of benzene rings is 2. The number of carbonyl (C=O) groups excluding carboxylic acids is 4. The Kier molecular flexibility index (Phi) is 8.91. The summed E-state index contributed by atoms with van der Waals surface area (Å²) in [6.45, 7) is 1.29. The summed E-state index contributed by atoms with van der Waals surface area (Å²) in [5, 5.41) is 5.32.